The van der Waals surface area contributed by atoms with Crippen LogP contribution in [-0.2, 0) is 5.41 Å². The minimum atomic E-state index is -0.839. The Kier molecular flexibility index (Phi) is 12.0. The zero-order chi connectivity index (χ0) is 74.2. The topological polar surface area (TPSA) is 14.7 Å². The number of para-hydroxylation sites is 6. The van der Waals surface area contributed by atoms with Gasteiger partial charge in [-0.05, 0) is 139 Å². The first-order valence-corrected chi connectivity index (χ1v) is 34.7. The Bertz CT molecular complexity index is 6300. The van der Waals surface area contributed by atoms with E-state index >= 15 is 0 Å². The molecule has 0 atom stereocenters. The monoisotopic (exact) mass is 1300 g/mol. The van der Waals surface area contributed by atoms with Gasteiger partial charge in [0, 0.05) is 72.8 Å². The predicted molar refractivity (Wildman–Crippen MR) is 429 cm³/mol. The molecule has 476 valence electrons. The quantitative estimate of drug-likeness (QED) is 0.113. The first-order valence-electron chi connectivity index (χ1n) is 38.7. The molecular formula is C97H65BN4. The van der Waals surface area contributed by atoms with Gasteiger partial charge in [0.1, 0.15) is 0 Å². The van der Waals surface area contributed by atoms with Crippen LogP contribution >= 0.6 is 0 Å². The average Bonchev–Trinajstić information content (AvgIpc) is 1.26. The molecule has 4 nitrogen and oxygen atoms in total. The highest BCUT2D eigenvalue weighted by Gasteiger charge is 2.51. The Hall–Kier alpha value is -13.2. The van der Waals surface area contributed by atoms with Crippen molar-refractivity contribution in [2.45, 2.75) is 5.41 Å². The molecule has 1 aliphatic carbocycles. The molecule has 0 amide bonds. The molecule has 2 aliphatic heterocycles. The molecule has 0 bridgehead atoms. The van der Waals surface area contributed by atoms with E-state index in [2.05, 4.69) is 342 Å². The molecular weight excluding hydrogens is 1230 g/mol. The highest BCUT2D eigenvalue weighted by atomic mass is 15.2. The molecule has 5 heteroatoms. The summed E-state index contributed by atoms with van der Waals surface area (Å²) in [7, 11) is 0. The summed E-state index contributed by atoms with van der Waals surface area (Å²) in [6.45, 7) is -0.596. The van der Waals surface area contributed by atoms with Gasteiger partial charge < -0.3 is 19.3 Å². The van der Waals surface area contributed by atoms with Crippen LogP contribution in [0.25, 0.3) is 83.1 Å². The van der Waals surface area contributed by atoms with Crippen LogP contribution in [0.3, 0.4) is 0 Å². The molecule has 17 aromatic rings. The number of fused-ring (bicyclic) bond motifs is 10. The predicted octanol–water partition coefficient (Wildman–Crippen LogP) is 23.4. The van der Waals surface area contributed by atoms with Crippen molar-refractivity contribution in [2.24, 2.45) is 0 Å². The van der Waals surface area contributed by atoms with E-state index in [0.29, 0.717) is 5.69 Å². The van der Waals surface area contributed by atoms with Crippen molar-refractivity contribution in [3.05, 3.63) is 416 Å². The molecule has 16 aromatic carbocycles. The van der Waals surface area contributed by atoms with E-state index < -0.39 is 48.4 Å². The average molecular weight is 1310 g/mol. The fourth-order valence-corrected chi connectivity index (χ4v) is 16.9. The number of nitrogens with zero attached hydrogens (tertiary/aromatic N) is 4. The Morgan fingerprint density at radius 3 is 1.15 bits per heavy atom. The summed E-state index contributed by atoms with van der Waals surface area (Å²) < 4.78 is 77.8. The van der Waals surface area contributed by atoms with Crippen LogP contribution in [0.1, 0.15) is 33.2 Å². The third-order valence-electron chi connectivity index (χ3n) is 21.1. The van der Waals surface area contributed by atoms with E-state index in [4.69, 9.17) is 2.74 Å². The van der Waals surface area contributed by atoms with Crippen LogP contribution in [0.15, 0.2) is 394 Å². The van der Waals surface area contributed by atoms with Crippen molar-refractivity contribution in [1.29, 1.82) is 0 Å². The lowest BCUT2D eigenvalue weighted by molar-refractivity contribution is 0.769. The first kappa shape index (κ1) is 51.0. The van der Waals surface area contributed by atoms with Gasteiger partial charge in [-0.25, -0.2) is 0 Å². The molecule has 0 radical (unpaired) electrons. The number of hydrogen-bond acceptors (Lipinski definition) is 3. The van der Waals surface area contributed by atoms with Gasteiger partial charge in [-0.1, -0.05) is 327 Å². The summed E-state index contributed by atoms with van der Waals surface area (Å²) in [6, 6.07) is 120. The Morgan fingerprint density at radius 1 is 0.294 bits per heavy atom. The summed E-state index contributed by atoms with van der Waals surface area (Å²) in [5, 5.41) is -0.00550. The summed E-state index contributed by atoms with van der Waals surface area (Å²) in [4.78, 5) is 7.36. The second-order valence-corrected chi connectivity index (χ2v) is 26.4. The lowest BCUT2D eigenvalue weighted by atomic mass is 9.33. The molecule has 1 aromatic heterocycles. The minimum absolute atomic E-state index is 0.00275. The van der Waals surface area contributed by atoms with Crippen molar-refractivity contribution in [2.75, 3.05) is 14.7 Å². The van der Waals surface area contributed by atoms with E-state index in [1.165, 1.54) is 0 Å². The fraction of sp³-hybridized carbons (Fsp3) is 0.0103. The van der Waals surface area contributed by atoms with Crippen molar-refractivity contribution >= 4 is 96.1 Å². The van der Waals surface area contributed by atoms with Crippen molar-refractivity contribution < 1.29 is 11.0 Å². The first-order chi connectivity index (χ1) is 54.0. The second-order valence-electron chi connectivity index (χ2n) is 26.4. The van der Waals surface area contributed by atoms with Crippen molar-refractivity contribution in [1.82, 2.24) is 4.57 Å². The second kappa shape index (κ2) is 24.1. The van der Waals surface area contributed by atoms with Gasteiger partial charge in [-0.2, -0.15) is 0 Å². The van der Waals surface area contributed by atoms with Crippen LogP contribution in [0, 0.1) is 0 Å². The molecule has 20 rings (SSSR count). The smallest absolute Gasteiger partial charge is 0.252 e. The van der Waals surface area contributed by atoms with Gasteiger partial charge in [-0.3, -0.25) is 0 Å². The minimum Gasteiger partial charge on any atom is -0.310 e. The molecule has 3 aliphatic rings. The van der Waals surface area contributed by atoms with Gasteiger partial charge in [0.05, 0.1) is 44.5 Å². The number of anilines is 9. The lowest BCUT2D eigenvalue weighted by Gasteiger charge is -2.47. The van der Waals surface area contributed by atoms with Gasteiger partial charge >= 0.3 is 0 Å². The van der Waals surface area contributed by atoms with E-state index in [9.17, 15) is 8.22 Å². The largest absolute Gasteiger partial charge is 0.310 e. The van der Waals surface area contributed by atoms with E-state index in [0.717, 1.165) is 145 Å². The highest BCUT2D eigenvalue weighted by molar-refractivity contribution is 7.00. The molecule has 0 fully saturated rings. The molecule has 0 saturated heterocycles. The molecule has 102 heavy (non-hydrogen) atoms. The van der Waals surface area contributed by atoms with Crippen LogP contribution in [-0.4, -0.2) is 11.3 Å². The maximum absolute atomic E-state index is 9.93. The zero-order valence-corrected chi connectivity index (χ0v) is 55.3. The van der Waals surface area contributed by atoms with Crippen molar-refractivity contribution in [3.8, 4) is 61.3 Å². The number of benzene rings is 16. The van der Waals surface area contributed by atoms with Crippen molar-refractivity contribution in [3.63, 3.8) is 0 Å². The molecule has 0 N–H and O–H groups in total. The highest BCUT2D eigenvalue weighted by Crippen LogP contribution is 2.60. The molecule has 0 saturated carbocycles. The van der Waals surface area contributed by atoms with Gasteiger partial charge in [0.15, 0.2) is 0 Å². The van der Waals surface area contributed by atoms with E-state index in [1.807, 2.05) is 18.2 Å². The van der Waals surface area contributed by atoms with Gasteiger partial charge in [-0.15, -0.1) is 0 Å². The zero-order valence-electron chi connectivity index (χ0n) is 63.3. The Balaban J connectivity index is 1.02. The van der Waals surface area contributed by atoms with Gasteiger partial charge in [0.2, 0.25) is 0 Å². The summed E-state index contributed by atoms with van der Waals surface area (Å²) in [5.41, 5.74) is 25.1. The molecule has 0 unspecified atom stereocenters. The third kappa shape index (κ3) is 9.11. The number of aromatic nitrogens is 1. The SMILES string of the molecule is [2H]c1c([2H])c([2H])c2c(c1[2H])c1c([2H])c([2H])c([2H])c([2H])c1n2-c1ccc2c(c1)N(c1c(-c3ccccc3)cccc1-c1ccccc1)c1cc(N(c3ccccc3)c3ccccc3)cc3c1B2c1cc2c(cc1N3c1c(-c3ccccc3)cccc1-c1ccccc1)-c1ccccc1C2(c1ccccc1)c1ccccc1. The van der Waals surface area contributed by atoms with Gasteiger partial charge in [0.25, 0.3) is 6.71 Å². The standard InChI is InChI=1S/C97H65BN4/c1-9-33-66(34-10-1)76-52-31-53-77(67-35-11-2-12-36-67)95(76)101-90-61-74(100-88-57-29-26-50-81(88)82-51-27-30-58-89(82)100)59-60-86(90)98-87-65-85-83(80-49-25-28-56-84(80)97(85,70-41-17-5-18-42-70)71-43-19-6-20-44-71)64-91(87)102(96-78(68-37-13-3-14-38-68)54-32-55-79(96)69-39-15-4-16-40-69)93-63-75(62-92(101)94(93)98)99(72-45-21-7-22-46-72)73-47-23-8-24-48-73/h1-65H/i26D,27D,29D,30D,50D,51D,57D,58D. The lowest BCUT2D eigenvalue weighted by Crippen LogP contribution is -2.61. The number of hydrogen-bond donors (Lipinski definition) is 0. The fourth-order valence-electron chi connectivity index (χ4n) is 16.9. The normalized spacial score (nSPS) is 14.0. The summed E-state index contributed by atoms with van der Waals surface area (Å²) in [6.07, 6.45) is 0. The summed E-state index contributed by atoms with van der Waals surface area (Å²) >= 11 is 0. The van der Waals surface area contributed by atoms with Crippen LogP contribution < -0.4 is 31.1 Å². The summed E-state index contributed by atoms with van der Waals surface area (Å²) in [5.74, 6) is 0. The van der Waals surface area contributed by atoms with Crippen LogP contribution in [0.4, 0.5) is 51.2 Å². The Labute approximate surface area is 606 Å². The van der Waals surface area contributed by atoms with Crippen LogP contribution in [0.2, 0.25) is 0 Å². The molecule has 0 spiro atoms. The maximum atomic E-state index is 9.93. The Morgan fingerprint density at radius 2 is 0.686 bits per heavy atom. The maximum Gasteiger partial charge on any atom is 0.252 e. The van der Waals surface area contributed by atoms with E-state index in [1.54, 1.807) is 4.57 Å². The number of rotatable bonds is 12. The van der Waals surface area contributed by atoms with Crippen LogP contribution in [0.5, 0.6) is 0 Å². The molecule has 3 heterocycles. The van der Waals surface area contributed by atoms with E-state index in [-0.39, 0.29) is 33.9 Å². The third-order valence-corrected chi connectivity index (χ3v) is 21.1.